The highest BCUT2D eigenvalue weighted by Gasteiger charge is 2.14. The number of rotatable bonds is 9. The lowest BCUT2D eigenvalue weighted by atomic mass is 10.1. The topological polar surface area (TPSA) is 59.0 Å². The molecule has 0 saturated heterocycles. The molecular weight excluding hydrogens is 473 g/mol. The first-order valence-corrected chi connectivity index (χ1v) is 13.0. The molecule has 0 amide bonds. The normalized spacial score (nSPS) is 15.1. The molecule has 0 atom stereocenters. The number of hydrogen-bond acceptors (Lipinski definition) is 4. The zero-order valence-corrected chi connectivity index (χ0v) is 21.5. The maximum atomic E-state index is 10.9. The first-order chi connectivity index (χ1) is 16.5. The summed E-state index contributed by atoms with van der Waals surface area (Å²) in [5.74, 6) is 0.827. The summed E-state index contributed by atoms with van der Waals surface area (Å²) in [6.07, 6.45) is 7.11. The van der Waals surface area contributed by atoms with Crippen LogP contribution in [0.3, 0.4) is 0 Å². The number of nitrogens with zero attached hydrogens (tertiary/aromatic N) is 1. The summed E-state index contributed by atoms with van der Waals surface area (Å²) < 4.78 is 12.2. The van der Waals surface area contributed by atoms with Gasteiger partial charge in [0.15, 0.2) is 0 Å². The van der Waals surface area contributed by atoms with Crippen molar-refractivity contribution in [1.29, 1.82) is 0 Å². The third-order valence-corrected chi connectivity index (χ3v) is 6.80. The zero-order chi connectivity index (χ0) is 24.3. The van der Waals surface area contributed by atoms with E-state index in [1.807, 2.05) is 24.3 Å². The van der Waals surface area contributed by atoms with Gasteiger partial charge in [0.25, 0.3) is 0 Å². The summed E-state index contributed by atoms with van der Waals surface area (Å²) in [7, 11) is 0. The minimum absolute atomic E-state index is 0.184. The largest absolute Gasteiger partial charge is 0.493 e. The molecule has 7 heteroatoms. The van der Waals surface area contributed by atoms with E-state index < -0.39 is 5.97 Å². The quantitative estimate of drug-likeness (QED) is 0.404. The van der Waals surface area contributed by atoms with Crippen LogP contribution in [-0.2, 0) is 24.2 Å². The van der Waals surface area contributed by atoms with Crippen LogP contribution in [0.25, 0.3) is 0 Å². The van der Waals surface area contributed by atoms with Gasteiger partial charge in [-0.2, -0.15) is 0 Å². The van der Waals surface area contributed by atoms with E-state index in [2.05, 4.69) is 17.9 Å². The highest BCUT2D eigenvalue weighted by atomic mass is 35.5. The molecule has 0 unspecified atom stereocenters. The molecular formula is C27H35Cl2NO4. The van der Waals surface area contributed by atoms with Gasteiger partial charge in [0.2, 0.25) is 0 Å². The number of benzene rings is 2. The van der Waals surface area contributed by atoms with E-state index in [9.17, 15) is 4.79 Å². The van der Waals surface area contributed by atoms with Crippen molar-refractivity contribution in [2.24, 2.45) is 0 Å². The van der Waals surface area contributed by atoms with Crippen molar-refractivity contribution in [2.45, 2.75) is 64.9 Å². The Labute approximate surface area is 213 Å². The fraction of sp³-hybridized carbons (Fsp3) is 0.519. The van der Waals surface area contributed by atoms with E-state index in [1.165, 1.54) is 0 Å². The lowest BCUT2D eigenvalue weighted by Gasteiger charge is -2.21. The molecule has 0 fully saturated rings. The Morgan fingerprint density at radius 1 is 1.12 bits per heavy atom. The van der Waals surface area contributed by atoms with E-state index in [0.717, 1.165) is 86.2 Å². The first-order valence-electron chi connectivity index (χ1n) is 12.3. The molecule has 0 bridgehead atoms. The SMILES string of the molecule is CCCCc1cc(Cl)c(COc2ccc3c(c2)OCCCCN(CCC(=O)O)CCC3)c(Cl)c1. The minimum Gasteiger partial charge on any atom is -0.493 e. The lowest BCUT2D eigenvalue weighted by Crippen LogP contribution is -2.29. The van der Waals surface area contributed by atoms with Crippen molar-refractivity contribution in [3.05, 3.63) is 57.1 Å². The van der Waals surface area contributed by atoms with E-state index in [0.29, 0.717) is 29.8 Å². The molecule has 0 aromatic heterocycles. The van der Waals surface area contributed by atoms with Crippen LogP contribution in [0, 0.1) is 0 Å². The fourth-order valence-corrected chi connectivity index (χ4v) is 4.78. The number of aliphatic carboxylic acids is 1. The number of fused-ring (bicyclic) bond motifs is 1. The number of hydrogen-bond donors (Lipinski definition) is 1. The van der Waals surface area contributed by atoms with Gasteiger partial charge in [-0.25, -0.2) is 0 Å². The fourth-order valence-electron chi connectivity index (χ4n) is 4.14. The smallest absolute Gasteiger partial charge is 0.304 e. The van der Waals surface area contributed by atoms with E-state index in [1.54, 1.807) is 0 Å². The van der Waals surface area contributed by atoms with Gasteiger partial charge < -0.3 is 19.5 Å². The highest BCUT2D eigenvalue weighted by molar-refractivity contribution is 6.36. The number of unbranched alkanes of at least 4 members (excludes halogenated alkanes) is 1. The predicted molar refractivity (Wildman–Crippen MR) is 138 cm³/mol. The summed E-state index contributed by atoms with van der Waals surface area (Å²) in [5.41, 5.74) is 3.09. The van der Waals surface area contributed by atoms with Crippen molar-refractivity contribution in [3.63, 3.8) is 0 Å². The van der Waals surface area contributed by atoms with Crippen molar-refractivity contribution in [3.8, 4) is 11.5 Å². The second-order valence-electron chi connectivity index (χ2n) is 8.84. The van der Waals surface area contributed by atoms with Gasteiger partial charge in [-0.1, -0.05) is 42.6 Å². The Morgan fingerprint density at radius 3 is 2.62 bits per heavy atom. The Hall–Kier alpha value is -1.95. The number of aryl methyl sites for hydroxylation is 2. The zero-order valence-electron chi connectivity index (χ0n) is 20.0. The summed E-state index contributed by atoms with van der Waals surface area (Å²) in [6, 6.07) is 9.94. The second kappa shape index (κ2) is 13.8. The van der Waals surface area contributed by atoms with Gasteiger partial charge in [-0.3, -0.25) is 4.79 Å². The van der Waals surface area contributed by atoms with Crippen molar-refractivity contribution < 1.29 is 19.4 Å². The molecule has 1 N–H and O–H groups in total. The molecule has 1 aliphatic rings. The van der Waals surface area contributed by atoms with Gasteiger partial charge in [-0.15, -0.1) is 0 Å². The molecule has 2 aromatic rings. The summed E-state index contributed by atoms with van der Waals surface area (Å²) >= 11 is 13.0. The Kier molecular flexibility index (Phi) is 10.8. The average molecular weight is 508 g/mol. The highest BCUT2D eigenvalue weighted by Crippen LogP contribution is 2.31. The summed E-state index contributed by atoms with van der Waals surface area (Å²) in [5, 5.41) is 10.3. The molecule has 0 saturated carbocycles. The van der Waals surface area contributed by atoms with Crippen LogP contribution in [0.15, 0.2) is 30.3 Å². The molecule has 2 aromatic carbocycles. The first kappa shape index (κ1) is 26.7. The summed E-state index contributed by atoms with van der Waals surface area (Å²) in [4.78, 5) is 13.2. The molecule has 186 valence electrons. The minimum atomic E-state index is -0.745. The molecule has 5 nitrogen and oxygen atoms in total. The van der Waals surface area contributed by atoms with Crippen LogP contribution in [0.5, 0.6) is 11.5 Å². The predicted octanol–water partition coefficient (Wildman–Crippen LogP) is 6.80. The van der Waals surface area contributed by atoms with Crippen LogP contribution in [0.4, 0.5) is 0 Å². The second-order valence-corrected chi connectivity index (χ2v) is 9.66. The Morgan fingerprint density at radius 2 is 1.88 bits per heavy atom. The number of halogens is 2. The molecule has 1 aliphatic heterocycles. The lowest BCUT2D eigenvalue weighted by molar-refractivity contribution is -0.137. The van der Waals surface area contributed by atoms with Crippen molar-refractivity contribution in [1.82, 2.24) is 4.90 Å². The van der Waals surface area contributed by atoms with Gasteiger partial charge in [0.1, 0.15) is 18.1 Å². The molecule has 1 heterocycles. The molecule has 0 aliphatic carbocycles. The van der Waals surface area contributed by atoms with Crippen LogP contribution in [0.1, 0.15) is 62.1 Å². The van der Waals surface area contributed by atoms with Gasteiger partial charge in [0.05, 0.1) is 13.0 Å². The monoisotopic (exact) mass is 507 g/mol. The molecule has 0 spiro atoms. The Balaban J connectivity index is 1.63. The number of ether oxygens (including phenoxy) is 2. The Bertz CT molecular complexity index is 927. The third-order valence-electron chi connectivity index (χ3n) is 6.13. The summed E-state index contributed by atoms with van der Waals surface area (Å²) in [6.45, 7) is 5.47. The number of carboxylic acids is 1. The van der Waals surface area contributed by atoms with E-state index >= 15 is 0 Å². The van der Waals surface area contributed by atoms with Gasteiger partial charge >= 0.3 is 5.97 Å². The molecule has 34 heavy (non-hydrogen) atoms. The third kappa shape index (κ3) is 8.37. The van der Waals surface area contributed by atoms with Crippen LogP contribution in [0.2, 0.25) is 10.0 Å². The van der Waals surface area contributed by atoms with Crippen molar-refractivity contribution in [2.75, 3.05) is 26.2 Å². The van der Waals surface area contributed by atoms with E-state index in [4.69, 9.17) is 37.8 Å². The standard InChI is InChI=1S/C27H35Cl2NO4/c1-2-3-7-20-16-24(28)23(25(29)17-20)19-34-22-10-9-21-8-6-13-30(14-11-27(31)32)12-4-5-15-33-26(21)18-22/h9-10,16-18H,2-8,11-15,19H2,1H3,(H,31,32). The van der Waals surface area contributed by atoms with Gasteiger partial charge in [-0.05, 0) is 80.9 Å². The molecule has 0 radical (unpaired) electrons. The average Bonchev–Trinajstić information content (AvgIpc) is 2.84. The van der Waals surface area contributed by atoms with E-state index in [-0.39, 0.29) is 6.42 Å². The van der Waals surface area contributed by atoms with Crippen molar-refractivity contribution >= 4 is 29.2 Å². The number of carboxylic acid groups (broad SMARTS) is 1. The van der Waals surface area contributed by atoms with Crippen LogP contribution < -0.4 is 9.47 Å². The number of carbonyl (C=O) groups is 1. The maximum absolute atomic E-state index is 10.9. The van der Waals surface area contributed by atoms with Crippen LogP contribution >= 0.6 is 23.2 Å². The van der Waals surface area contributed by atoms with Crippen LogP contribution in [-0.4, -0.2) is 42.2 Å². The maximum Gasteiger partial charge on any atom is 0.304 e. The van der Waals surface area contributed by atoms with Gasteiger partial charge in [0, 0.05) is 28.2 Å². The molecule has 3 rings (SSSR count).